The summed E-state index contributed by atoms with van der Waals surface area (Å²) in [6.45, 7) is 3.66. The van der Waals surface area contributed by atoms with Gasteiger partial charge in [0.15, 0.2) is 0 Å². The van der Waals surface area contributed by atoms with Crippen LogP contribution in [0.5, 0.6) is 0 Å². The summed E-state index contributed by atoms with van der Waals surface area (Å²) in [5.74, 6) is 0.888. The molecule has 0 N–H and O–H groups in total. The zero-order valence-corrected chi connectivity index (χ0v) is 21.7. The second-order valence-electron chi connectivity index (χ2n) is 8.68. The van der Waals surface area contributed by atoms with Gasteiger partial charge in [-0.25, -0.2) is 9.97 Å². The van der Waals surface area contributed by atoms with Crippen LogP contribution in [0.4, 0.5) is 0 Å². The van der Waals surface area contributed by atoms with Gasteiger partial charge in [-0.3, -0.25) is 9.97 Å². The van der Waals surface area contributed by atoms with Crippen LogP contribution in [0.2, 0.25) is 0 Å². The average molecular weight is 539 g/mol. The molecule has 41 heavy (non-hydrogen) atoms. The molecule has 0 amide bonds. The maximum atomic E-state index is 6.02. The van der Waals surface area contributed by atoms with Gasteiger partial charge in [-0.05, 0) is 66.7 Å². The zero-order chi connectivity index (χ0) is 27.9. The Balaban J connectivity index is 1.21. The van der Waals surface area contributed by atoms with Gasteiger partial charge in [-0.2, -0.15) is 5.10 Å². The van der Waals surface area contributed by atoms with Crippen LogP contribution in [0, 0.1) is 0 Å². The standard InChI is InChI=1S/C31H22N8O2/c1-32-37-29(40-20-23-11-7-14-26(35-23)24-12-2-4-17-33-24)21-9-6-10-22(19-21)30-38-39-31(41-30)28-16-8-15-27(36-28)25-13-3-5-18-34-25/h2-19H,1,20H2/b37-29-. The van der Waals surface area contributed by atoms with Crippen molar-refractivity contribution in [1.82, 2.24) is 30.1 Å². The second kappa shape index (κ2) is 11.9. The SMILES string of the molecule is C=N/N=C(\OCc1cccc(-c2ccccn2)n1)c1cccc(-c2nnc(-c3cccc(-c4ccccn4)n3)o2)c1. The van der Waals surface area contributed by atoms with Gasteiger partial charge >= 0.3 is 0 Å². The van der Waals surface area contributed by atoms with Gasteiger partial charge in [-0.1, -0.05) is 30.3 Å². The molecular formula is C31H22N8O2. The van der Waals surface area contributed by atoms with Crippen molar-refractivity contribution in [3.63, 3.8) is 0 Å². The Kier molecular flexibility index (Phi) is 7.35. The zero-order valence-electron chi connectivity index (χ0n) is 21.7. The number of aromatic nitrogens is 6. The quantitative estimate of drug-likeness (QED) is 0.133. The highest BCUT2D eigenvalue weighted by Crippen LogP contribution is 2.26. The minimum atomic E-state index is 0.169. The van der Waals surface area contributed by atoms with Crippen LogP contribution in [0.3, 0.4) is 0 Å². The van der Waals surface area contributed by atoms with E-state index in [0.29, 0.717) is 40.0 Å². The summed E-state index contributed by atoms with van der Waals surface area (Å²) in [5, 5.41) is 16.2. The van der Waals surface area contributed by atoms with E-state index in [-0.39, 0.29) is 12.5 Å². The molecule has 0 fully saturated rings. The fraction of sp³-hybridized carbons (Fsp3) is 0.0323. The minimum absolute atomic E-state index is 0.169. The summed E-state index contributed by atoms with van der Waals surface area (Å²) in [5.41, 5.74) is 5.59. The highest BCUT2D eigenvalue weighted by atomic mass is 16.5. The molecule has 0 atom stereocenters. The summed E-state index contributed by atoms with van der Waals surface area (Å²) in [7, 11) is 0. The van der Waals surface area contributed by atoms with Crippen molar-refractivity contribution in [1.29, 1.82) is 0 Å². The first-order valence-electron chi connectivity index (χ1n) is 12.6. The first-order valence-corrected chi connectivity index (χ1v) is 12.6. The van der Waals surface area contributed by atoms with Crippen LogP contribution in [0.25, 0.3) is 45.8 Å². The van der Waals surface area contributed by atoms with Crippen LogP contribution < -0.4 is 0 Å². The van der Waals surface area contributed by atoms with Gasteiger partial charge in [-0.15, -0.1) is 15.3 Å². The van der Waals surface area contributed by atoms with E-state index in [0.717, 1.165) is 17.1 Å². The van der Waals surface area contributed by atoms with Crippen molar-refractivity contribution >= 4 is 12.6 Å². The number of pyridine rings is 4. The summed E-state index contributed by atoms with van der Waals surface area (Å²) < 4.78 is 12.0. The molecule has 0 aliphatic rings. The molecule has 0 bridgehead atoms. The van der Waals surface area contributed by atoms with E-state index in [1.54, 1.807) is 12.4 Å². The first kappa shape index (κ1) is 25.4. The van der Waals surface area contributed by atoms with E-state index in [1.807, 2.05) is 97.1 Å². The molecule has 0 aliphatic carbocycles. The number of ether oxygens (including phenoxy) is 1. The summed E-state index contributed by atoms with van der Waals surface area (Å²) in [4.78, 5) is 18.0. The van der Waals surface area contributed by atoms with Crippen molar-refractivity contribution < 1.29 is 9.15 Å². The smallest absolute Gasteiger partial charge is 0.266 e. The Bertz CT molecular complexity index is 1820. The molecule has 0 saturated carbocycles. The van der Waals surface area contributed by atoms with Crippen LogP contribution in [0.1, 0.15) is 11.3 Å². The lowest BCUT2D eigenvalue weighted by Crippen LogP contribution is -2.08. The van der Waals surface area contributed by atoms with Gasteiger partial charge in [0.1, 0.15) is 12.3 Å². The van der Waals surface area contributed by atoms with Gasteiger partial charge in [0, 0.05) is 30.2 Å². The highest BCUT2D eigenvalue weighted by molar-refractivity contribution is 5.95. The fourth-order valence-corrected chi connectivity index (χ4v) is 4.03. The fourth-order valence-electron chi connectivity index (χ4n) is 4.03. The molecule has 5 heterocycles. The predicted molar refractivity (Wildman–Crippen MR) is 155 cm³/mol. The molecule has 1 aromatic carbocycles. The van der Waals surface area contributed by atoms with E-state index in [1.165, 1.54) is 0 Å². The summed E-state index contributed by atoms with van der Waals surface area (Å²) in [6, 6.07) is 30.0. The number of benzene rings is 1. The van der Waals surface area contributed by atoms with Crippen LogP contribution in [-0.2, 0) is 11.3 Å². The summed E-state index contributed by atoms with van der Waals surface area (Å²) in [6.07, 6.45) is 3.45. The van der Waals surface area contributed by atoms with Crippen molar-refractivity contribution in [2.45, 2.75) is 6.61 Å². The Morgan fingerprint density at radius 2 is 1.34 bits per heavy atom. The van der Waals surface area contributed by atoms with E-state index in [9.17, 15) is 0 Å². The van der Waals surface area contributed by atoms with Crippen LogP contribution in [-0.4, -0.2) is 42.7 Å². The molecule has 0 aliphatic heterocycles. The van der Waals surface area contributed by atoms with Gasteiger partial charge < -0.3 is 9.15 Å². The largest absolute Gasteiger partial charge is 0.470 e. The third-order valence-electron chi connectivity index (χ3n) is 5.93. The normalized spacial score (nSPS) is 11.3. The molecule has 198 valence electrons. The van der Waals surface area contributed by atoms with Crippen molar-refractivity contribution in [2.24, 2.45) is 10.2 Å². The van der Waals surface area contributed by atoms with E-state index in [4.69, 9.17) is 9.15 Å². The molecule has 0 radical (unpaired) electrons. The lowest BCUT2D eigenvalue weighted by molar-refractivity contribution is 0.288. The number of hydrogen-bond donors (Lipinski definition) is 0. The number of nitrogens with zero attached hydrogens (tertiary/aromatic N) is 8. The molecule has 0 saturated heterocycles. The van der Waals surface area contributed by atoms with Gasteiger partial charge in [0.25, 0.3) is 5.89 Å². The topological polar surface area (TPSA) is 124 Å². The average Bonchev–Trinajstić information content (AvgIpc) is 3.55. The van der Waals surface area contributed by atoms with E-state index in [2.05, 4.69) is 47.1 Å². The Morgan fingerprint density at radius 3 is 2.07 bits per heavy atom. The molecule has 10 nitrogen and oxygen atoms in total. The first-order chi connectivity index (χ1) is 20.3. The highest BCUT2D eigenvalue weighted by Gasteiger charge is 2.15. The molecule has 6 aromatic rings. The maximum Gasteiger partial charge on any atom is 0.266 e. The Morgan fingerprint density at radius 1 is 0.683 bits per heavy atom. The molecule has 6 rings (SSSR count). The van der Waals surface area contributed by atoms with Crippen LogP contribution >= 0.6 is 0 Å². The Hall–Kier alpha value is -5.90. The number of hydrogen-bond acceptors (Lipinski definition) is 10. The Labute approximate surface area is 235 Å². The monoisotopic (exact) mass is 538 g/mol. The second-order valence-corrected chi connectivity index (χ2v) is 8.68. The van der Waals surface area contributed by atoms with Gasteiger partial charge in [0.2, 0.25) is 11.8 Å². The third-order valence-corrected chi connectivity index (χ3v) is 5.93. The predicted octanol–water partition coefficient (Wildman–Crippen LogP) is 5.90. The van der Waals surface area contributed by atoms with Crippen molar-refractivity contribution in [3.8, 4) is 45.8 Å². The van der Waals surface area contributed by atoms with Crippen molar-refractivity contribution in [2.75, 3.05) is 0 Å². The third kappa shape index (κ3) is 5.91. The maximum absolute atomic E-state index is 6.02. The van der Waals surface area contributed by atoms with Crippen molar-refractivity contribution in [3.05, 3.63) is 121 Å². The molecule has 10 heteroatoms. The van der Waals surface area contributed by atoms with Crippen LogP contribution in [0.15, 0.2) is 124 Å². The molecule has 5 aromatic heterocycles. The molecule has 0 spiro atoms. The lowest BCUT2D eigenvalue weighted by atomic mass is 10.1. The summed E-state index contributed by atoms with van der Waals surface area (Å²) >= 11 is 0. The van der Waals surface area contributed by atoms with E-state index >= 15 is 0 Å². The molecule has 0 unspecified atom stereocenters. The molecular weight excluding hydrogens is 516 g/mol. The number of rotatable bonds is 8. The minimum Gasteiger partial charge on any atom is -0.470 e. The van der Waals surface area contributed by atoms with E-state index < -0.39 is 0 Å². The van der Waals surface area contributed by atoms with Gasteiger partial charge in [0.05, 0.1) is 28.5 Å². The lowest BCUT2D eigenvalue weighted by Gasteiger charge is -2.10.